The molecule has 0 radical (unpaired) electrons. The van der Waals surface area contributed by atoms with Crippen molar-refractivity contribution < 1.29 is 18.0 Å². The Bertz CT molecular complexity index is 486. The minimum atomic E-state index is -4.30. The Hall–Kier alpha value is -1.06. The molecular weight excluding hydrogens is 281 g/mol. The zero-order valence-electron chi connectivity index (χ0n) is 9.38. The number of halogens is 3. The Morgan fingerprint density at radius 3 is 2.72 bits per heavy atom. The van der Waals surface area contributed by atoms with E-state index in [0.717, 1.165) is 11.8 Å². The van der Waals surface area contributed by atoms with Crippen LogP contribution >= 0.6 is 23.5 Å². The first-order chi connectivity index (χ1) is 8.37. The standard InChI is InChI=1S/C12H9F3OS2/c1-9(16)17-7-3-5-10-4-2-6-11(8-10)18-12(13,14)15/h2,4,6,8H,7H2,1H3. The summed E-state index contributed by atoms with van der Waals surface area (Å²) in [6, 6.07) is 5.92. The van der Waals surface area contributed by atoms with Gasteiger partial charge < -0.3 is 0 Å². The number of hydrogen-bond acceptors (Lipinski definition) is 3. The van der Waals surface area contributed by atoms with Gasteiger partial charge in [0.15, 0.2) is 5.12 Å². The second kappa shape index (κ2) is 6.76. The topological polar surface area (TPSA) is 17.1 Å². The second-order valence-electron chi connectivity index (χ2n) is 3.16. The van der Waals surface area contributed by atoms with Crippen molar-refractivity contribution in [1.29, 1.82) is 0 Å². The normalized spacial score (nSPS) is 10.7. The summed E-state index contributed by atoms with van der Waals surface area (Å²) in [7, 11) is 0. The fraction of sp³-hybridized carbons (Fsp3) is 0.250. The highest BCUT2D eigenvalue weighted by molar-refractivity contribution is 8.13. The summed E-state index contributed by atoms with van der Waals surface area (Å²) < 4.78 is 36.5. The van der Waals surface area contributed by atoms with Gasteiger partial charge in [0, 0.05) is 17.4 Å². The Morgan fingerprint density at radius 1 is 1.39 bits per heavy atom. The molecule has 1 aromatic carbocycles. The van der Waals surface area contributed by atoms with Gasteiger partial charge in [0.2, 0.25) is 0 Å². The van der Waals surface area contributed by atoms with Crippen LogP contribution in [-0.2, 0) is 4.79 Å². The van der Waals surface area contributed by atoms with Crippen LogP contribution in [0.4, 0.5) is 13.2 Å². The van der Waals surface area contributed by atoms with Crippen molar-refractivity contribution in [3.05, 3.63) is 29.8 Å². The number of carbonyl (C=O) groups excluding carboxylic acids is 1. The van der Waals surface area contributed by atoms with Gasteiger partial charge in [0.25, 0.3) is 0 Å². The molecule has 0 unspecified atom stereocenters. The maximum Gasteiger partial charge on any atom is 0.446 e. The molecule has 0 saturated heterocycles. The summed E-state index contributed by atoms with van der Waals surface area (Å²) in [6.07, 6.45) is 0. The highest BCUT2D eigenvalue weighted by atomic mass is 32.2. The Labute approximate surface area is 112 Å². The molecule has 0 atom stereocenters. The Morgan fingerprint density at radius 2 is 2.11 bits per heavy atom. The van der Waals surface area contributed by atoms with Crippen molar-refractivity contribution in [2.75, 3.05) is 5.75 Å². The number of thioether (sulfide) groups is 2. The first kappa shape index (κ1) is 15.0. The predicted molar refractivity (Wildman–Crippen MR) is 68.4 cm³/mol. The summed E-state index contributed by atoms with van der Waals surface area (Å²) in [5.41, 5.74) is -3.79. The molecule has 1 aromatic rings. The van der Waals surface area contributed by atoms with Gasteiger partial charge in [-0.05, 0) is 30.0 Å². The second-order valence-corrected chi connectivity index (χ2v) is 5.45. The number of alkyl halides is 3. The van der Waals surface area contributed by atoms with E-state index in [0.29, 0.717) is 11.3 Å². The zero-order chi connectivity index (χ0) is 13.6. The molecule has 0 aromatic heterocycles. The van der Waals surface area contributed by atoms with Gasteiger partial charge in [-0.25, -0.2) is 0 Å². The summed E-state index contributed by atoms with van der Waals surface area (Å²) in [6.45, 7) is 1.44. The summed E-state index contributed by atoms with van der Waals surface area (Å²) in [5, 5.41) is -0.0364. The molecule has 0 heterocycles. The Kier molecular flexibility index (Phi) is 5.63. The summed E-state index contributed by atoms with van der Waals surface area (Å²) in [4.78, 5) is 10.7. The number of rotatable bonds is 2. The third kappa shape index (κ3) is 6.62. The highest BCUT2D eigenvalue weighted by Gasteiger charge is 2.29. The molecule has 1 rings (SSSR count). The molecule has 1 nitrogen and oxygen atoms in total. The van der Waals surface area contributed by atoms with E-state index in [1.165, 1.54) is 25.1 Å². The van der Waals surface area contributed by atoms with Gasteiger partial charge in [-0.2, -0.15) is 13.2 Å². The van der Waals surface area contributed by atoms with E-state index in [4.69, 9.17) is 0 Å². The third-order valence-electron chi connectivity index (χ3n) is 1.65. The Balaban J connectivity index is 2.67. The fourth-order valence-corrected chi connectivity index (χ4v) is 1.99. The SMILES string of the molecule is CC(=O)SCC#Cc1cccc(SC(F)(F)F)c1. The maximum absolute atomic E-state index is 12.2. The van der Waals surface area contributed by atoms with Crippen LogP contribution in [0, 0.1) is 11.8 Å². The van der Waals surface area contributed by atoms with Crippen molar-refractivity contribution >= 4 is 28.6 Å². The molecule has 0 aliphatic heterocycles. The third-order valence-corrected chi connectivity index (χ3v) is 3.06. The van der Waals surface area contributed by atoms with Crippen LogP contribution in [0.1, 0.15) is 12.5 Å². The van der Waals surface area contributed by atoms with E-state index in [1.807, 2.05) is 0 Å². The van der Waals surface area contributed by atoms with Gasteiger partial charge in [-0.3, -0.25) is 4.79 Å². The molecular formula is C12H9F3OS2. The highest BCUT2D eigenvalue weighted by Crippen LogP contribution is 2.36. The van der Waals surface area contributed by atoms with Crippen molar-refractivity contribution in [2.24, 2.45) is 0 Å². The van der Waals surface area contributed by atoms with Gasteiger partial charge in [-0.1, -0.05) is 29.7 Å². The first-order valence-electron chi connectivity index (χ1n) is 4.85. The van der Waals surface area contributed by atoms with Crippen molar-refractivity contribution in [1.82, 2.24) is 0 Å². The molecule has 0 fully saturated rings. The van der Waals surface area contributed by atoms with Gasteiger partial charge in [0.1, 0.15) is 0 Å². The lowest BCUT2D eigenvalue weighted by Crippen LogP contribution is -1.98. The first-order valence-corrected chi connectivity index (χ1v) is 6.65. The quantitative estimate of drug-likeness (QED) is 0.607. The average molecular weight is 290 g/mol. The van der Waals surface area contributed by atoms with Crippen molar-refractivity contribution in [2.45, 2.75) is 17.3 Å². The van der Waals surface area contributed by atoms with Crippen LogP contribution < -0.4 is 0 Å². The molecule has 0 bridgehead atoms. The fourth-order valence-electron chi connectivity index (χ4n) is 1.05. The van der Waals surface area contributed by atoms with E-state index < -0.39 is 5.51 Å². The molecule has 0 N–H and O–H groups in total. The molecule has 0 aliphatic rings. The molecule has 0 aliphatic carbocycles. The van der Waals surface area contributed by atoms with Crippen LogP contribution in [0.3, 0.4) is 0 Å². The van der Waals surface area contributed by atoms with Gasteiger partial charge in [-0.15, -0.1) is 0 Å². The maximum atomic E-state index is 12.2. The lowest BCUT2D eigenvalue weighted by atomic mass is 10.2. The van der Waals surface area contributed by atoms with Crippen LogP contribution in [0.25, 0.3) is 0 Å². The minimum absolute atomic E-state index is 0.0364. The minimum Gasteiger partial charge on any atom is -0.288 e. The molecule has 0 amide bonds. The van der Waals surface area contributed by atoms with Gasteiger partial charge >= 0.3 is 5.51 Å². The van der Waals surface area contributed by atoms with Crippen LogP contribution in [0.2, 0.25) is 0 Å². The molecule has 0 saturated carbocycles. The van der Waals surface area contributed by atoms with E-state index in [2.05, 4.69) is 11.8 Å². The molecule has 0 spiro atoms. The van der Waals surface area contributed by atoms with Crippen LogP contribution in [-0.4, -0.2) is 16.4 Å². The van der Waals surface area contributed by atoms with Crippen molar-refractivity contribution in [3.8, 4) is 11.8 Å². The predicted octanol–water partition coefficient (Wildman–Crippen LogP) is 3.93. The van der Waals surface area contributed by atoms with Crippen molar-refractivity contribution in [3.63, 3.8) is 0 Å². The lowest BCUT2D eigenvalue weighted by Gasteiger charge is -2.05. The smallest absolute Gasteiger partial charge is 0.288 e. The number of carbonyl (C=O) groups is 1. The van der Waals surface area contributed by atoms with E-state index >= 15 is 0 Å². The zero-order valence-corrected chi connectivity index (χ0v) is 11.0. The lowest BCUT2D eigenvalue weighted by molar-refractivity contribution is -0.109. The summed E-state index contributed by atoms with van der Waals surface area (Å²) in [5.74, 6) is 5.79. The van der Waals surface area contributed by atoms with E-state index in [-0.39, 0.29) is 21.8 Å². The van der Waals surface area contributed by atoms with Gasteiger partial charge in [0.05, 0.1) is 5.75 Å². The average Bonchev–Trinajstić information content (AvgIpc) is 2.22. The van der Waals surface area contributed by atoms with E-state index in [1.54, 1.807) is 6.07 Å². The number of benzene rings is 1. The number of hydrogen-bond donors (Lipinski definition) is 0. The monoisotopic (exact) mass is 290 g/mol. The molecule has 6 heteroatoms. The molecule has 18 heavy (non-hydrogen) atoms. The summed E-state index contributed by atoms with van der Waals surface area (Å²) >= 11 is 0.899. The molecule has 96 valence electrons. The largest absolute Gasteiger partial charge is 0.446 e. The van der Waals surface area contributed by atoms with Crippen LogP contribution in [0.15, 0.2) is 29.2 Å². The van der Waals surface area contributed by atoms with E-state index in [9.17, 15) is 18.0 Å². The van der Waals surface area contributed by atoms with Crippen LogP contribution in [0.5, 0.6) is 0 Å².